The van der Waals surface area contributed by atoms with Gasteiger partial charge in [-0.15, -0.1) is 0 Å². The number of hydrogen-bond donors (Lipinski definition) is 2. The van der Waals surface area contributed by atoms with Gasteiger partial charge in [0.15, 0.2) is 0 Å². The van der Waals surface area contributed by atoms with Gasteiger partial charge in [0.25, 0.3) is 0 Å². The Kier molecular flexibility index (Phi) is 4.36. The van der Waals surface area contributed by atoms with Crippen molar-refractivity contribution in [2.24, 2.45) is 11.3 Å². The van der Waals surface area contributed by atoms with E-state index < -0.39 is 12.0 Å². The Morgan fingerprint density at radius 1 is 1.31 bits per heavy atom. The second kappa shape index (κ2) is 5.17. The first-order chi connectivity index (χ1) is 7.32. The Morgan fingerprint density at radius 2 is 1.81 bits per heavy atom. The van der Waals surface area contributed by atoms with Crippen molar-refractivity contribution in [1.29, 1.82) is 0 Å². The maximum atomic E-state index is 11.1. The third-order valence-electron chi connectivity index (χ3n) is 3.69. The lowest BCUT2D eigenvalue weighted by molar-refractivity contribution is -0.141. The van der Waals surface area contributed by atoms with Crippen LogP contribution in [0.25, 0.3) is 0 Å². The molecule has 0 heterocycles. The number of aliphatic carboxylic acids is 1. The molecule has 1 saturated carbocycles. The third kappa shape index (κ3) is 3.78. The minimum atomic E-state index is -0.722. The van der Waals surface area contributed by atoms with Crippen LogP contribution in [0.5, 0.6) is 0 Å². The van der Waals surface area contributed by atoms with Crippen LogP contribution in [0, 0.1) is 11.3 Å². The van der Waals surface area contributed by atoms with E-state index in [-0.39, 0.29) is 5.92 Å². The fraction of sp³-hybridized carbons (Fsp3) is 0.923. The minimum absolute atomic E-state index is 0.146. The number of rotatable bonds is 4. The lowest BCUT2D eigenvalue weighted by atomic mass is 9.75. The maximum absolute atomic E-state index is 11.1. The number of hydrogen-bond acceptors (Lipinski definition) is 2. The van der Waals surface area contributed by atoms with E-state index in [1.54, 1.807) is 0 Å². The molecule has 3 heteroatoms. The molecule has 0 bridgehead atoms. The zero-order valence-corrected chi connectivity index (χ0v) is 10.9. The van der Waals surface area contributed by atoms with Crippen molar-refractivity contribution >= 4 is 5.97 Å². The van der Waals surface area contributed by atoms with E-state index in [9.17, 15) is 4.79 Å². The van der Waals surface area contributed by atoms with Crippen molar-refractivity contribution in [2.45, 2.75) is 65.5 Å². The summed E-state index contributed by atoms with van der Waals surface area (Å²) >= 11 is 0. The van der Waals surface area contributed by atoms with E-state index in [1.807, 2.05) is 13.8 Å². The topological polar surface area (TPSA) is 49.3 Å². The maximum Gasteiger partial charge on any atom is 0.320 e. The second-order valence-electron chi connectivity index (χ2n) is 6.17. The van der Waals surface area contributed by atoms with Crippen LogP contribution < -0.4 is 5.32 Å². The van der Waals surface area contributed by atoms with Crippen LogP contribution in [-0.4, -0.2) is 23.2 Å². The standard InChI is InChI=1S/C13H25NO2/c1-9(2)11(12(15)16)14-10-5-7-13(3,4)8-6-10/h9-11,14H,5-8H2,1-4H3,(H,15,16). The SMILES string of the molecule is CC(C)C(NC1CCC(C)(C)CC1)C(=O)O. The highest BCUT2D eigenvalue weighted by Crippen LogP contribution is 2.35. The molecule has 0 amide bonds. The molecule has 1 atom stereocenters. The molecule has 1 aliphatic carbocycles. The van der Waals surface area contributed by atoms with E-state index in [0.29, 0.717) is 11.5 Å². The summed E-state index contributed by atoms with van der Waals surface area (Å²) in [5, 5.41) is 12.4. The largest absolute Gasteiger partial charge is 0.480 e. The molecule has 0 radical (unpaired) electrons. The summed E-state index contributed by atoms with van der Waals surface area (Å²) in [6.45, 7) is 8.50. The van der Waals surface area contributed by atoms with Gasteiger partial charge < -0.3 is 10.4 Å². The summed E-state index contributed by atoms with van der Waals surface area (Å²) in [7, 11) is 0. The van der Waals surface area contributed by atoms with Gasteiger partial charge in [0.05, 0.1) is 0 Å². The summed E-state index contributed by atoms with van der Waals surface area (Å²) in [6, 6.07) is -0.0114. The molecule has 1 fully saturated rings. The predicted octanol–water partition coefficient (Wildman–Crippen LogP) is 2.65. The zero-order valence-electron chi connectivity index (χ0n) is 10.9. The lowest BCUT2D eigenvalue weighted by Gasteiger charge is -2.36. The summed E-state index contributed by atoms with van der Waals surface area (Å²) in [5.74, 6) is -0.577. The van der Waals surface area contributed by atoms with E-state index in [2.05, 4.69) is 19.2 Å². The van der Waals surface area contributed by atoms with Crippen molar-refractivity contribution < 1.29 is 9.90 Å². The summed E-state index contributed by atoms with van der Waals surface area (Å²) in [5.41, 5.74) is 0.439. The predicted molar refractivity (Wildman–Crippen MR) is 65.4 cm³/mol. The Hall–Kier alpha value is -0.570. The van der Waals surface area contributed by atoms with Crippen molar-refractivity contribution in [3.05, 3.63) is 0 Å². The molecule has 1 unspecified atom stereocenters. The van der Waals surface area contributed by atoms with Gasteiger partial charge in [-0.3, -0.25) is 4.79 Å². The molecular formula is C13H25NO2. The highest BCUT2D eigenvalue weighted by atomic mass is 16.4. The molecule has 0 saturated heterocycles. The molecule has 1 rings (SSSR count). The second-order valence-corrected chi connectivity index (χ2v) is 6.17. The van der Waals surface area contributed by atoms with E-state index in [4.69, 9.17) is 5.11 Å². The molecule has 0 aromatic carbocycles. The van der Waals surface area contributed by atoms with Gasteiger partial charge >= 0.3 is 5.97 Å². The number of carboxylic acids is 1. The van der Waals surface area contributed by atoms with Gasteiger partial charge in [0.1, 0.15) is 6.04 Å². The number of carboxylic acid groups (broad SMARTS) is 1. The van der Waals surface area contributed by atoms with E-state index in [0.717, 1.165) is 12.8 Å². The van der Waals surface area contributed by atoms with Crippen LogP contribution in [-0.2, 0) is 4.79 Å². The molecule has 0 aliphatic heterocycles. The van der Waals surface area contributed by atoms with Gasteiger partial charge in [-0.25, -0.2) is 0 Å². The lowest BCUT2D eigenvalue weighted by Crippen LogP contribution is -2.48. The average molecular weight is 227 g/mol. The number of nitrogens with one attached hydrogen (secondary N) is 1. The van der Waals surface area contributed by atoms with Crippen LogP contribution in [0.1, 0.15) is 53.4 Å². The van der Waals surface area contributed by atoms with Gasteiger partial charge in [-0.2, -0.15) is 0 Å². The zero-order chi connectivity index (χ0) is 12.3. The van der Waals surface area contributed by atoms with Gasteiger partial charge in [-0.1, -0.05) is 27.7 Å². The summed E-state index contributed by atoms with van der Waals surface area (Å²) in [4.78, 5) is 11.1. The Labute approximate surface area is 98.6 Å². The molecule has 16 heavy (non-hydrogen) atoms. The Bertz CT molecular complexity index is 238. The first kappa shape index (κ1) is 13.5. The average Bonchev–Trinajstić information content (AvgIpc) is 2.15. The van der Waals surface area contributed by atoms with Crippen LogP contribution in [0.3, 0.4) is 0 Å². The van der Waals surface area contributed by atoms with E-state index in [1.165, 1.54) is 12.8 Å². The van der Waals surface area contributed by atoms with E-state index >= 15 is 0 Å². The quantitative estimate of drug-likeness (QED) is 0.776. The summed E-state index contributed by atoms with van der Waals surface area (Å²) < 4.78 is 0. The highest BCUT2D eigenvalue weighted by molar-refractivity contribution is 5.73. The highest BCUT2D eigenvalue weighted by Gasteiger charge is 2.30. The molecule has 94 valence electrons. The molecular weight excluding hydrogens is 202 g/mol. The fourth-order valence-corrected chi connectivity index (χ4v) is 2.37. The van der Waals surface area contributed by atoms with Crippen molar-refractivity contribution in [3.63, 3.8) is 0 Å². The van der Waals surface area contributed by atoms with Crippen molar-refractivity contribution in [3.8, 4) is 0 Å². The van der Waals surface area contributed by atoms with Gasteiger partial charge in [0.2, 0.25) is 0 Å². The third-order valence-corrected chi connectivity index (χ3v) is 3.69. The molecule has 0 aromatic rings. The molecule has 0 aromatic heterocycles. The summed E-state index contributed by atoms with van der Waals surface area (Å²) in [6.07, 6.45) is 4.58. The first-order valence-corrected chi connectivity index (χ1v) is 6.31. The van der Waals surface area contributed by atoms with Crippen LogP contribution in [0.15, 0.2) is 0 Å². The van der Waals surface area contributed by atoms with Crippen molar-refractivity contribution in [2.75, 3.05) is 0 Å². The Morgan fingerprint density at radius 3 is 2.19 bits per heavy atom. The first-order valence-electron chi connectivity index (χ1n) is 6.31. The van der Waals surface area contributed by atoms with Gasteiger partial charge in [-0.05, 0) is 37.0 Å². The monoisotopic (exact) mass is 227 g/mol. The van der Waals surface area contributed by atoms with Crippen LogP contribution >= 0.6 is 0 Å². The molecule has 2 N–H and O–H groups in total. The molecule has 0 spiro atoms. The molecule has 1 aliphatic rings. The van der Waals surface area contributed by atoms with Crippen LogP contribution in [0.4, 0.5) is 0 Å². The normalized spacial score (nSPS) is 23.3. The van der Waals surface area contributed by atoms with Crippen molar-refractivity contribution in [1.82, 2.24) is 5.32 Å². The smallest absolute Gasteiger partial charge is 0.320 e. The Balaban J connectivity index is 2.46. The number of carbonyl (C=O) groups is 1. The molecule has 3 nitrogen and oxygen atoms in total. The minimum Gasteiger partial charge on any atom is -0.480 e. The fourth-order valence-electron chi connectivity index (χ4n) is 2.37. The van der Waals surface area contributed by atoms with Crippen LogP contribution in [0.2, 0.25) is 0 Å². The van der Waals surface area contributed by atoms with Gasteiger partial charge in [0, 0.05) is 6.04 Å².